The van der Waals surface area contributed by atoms with Crippen molar-refractivity contribution >= 4 is 42.7 Å². The number of hydrogen-bond donors (Lipinski definition) is 1. The number of nitrogens with one attached hydrogen (secondary N) is 1. The Balaban J connectivity index is 1.62. The van der Waals surface area contributed by atoms with Crippen LogP contribution in [0.4, 0.5) is 0 Å². The van der Waals surface area contributed by atoms with Gasteiger partial charge in [-0.2, -0.15) is 0 Å². The first-order valence-corrected chi connectivity index (χ1v) is 22.3. The third-order valence-electron chi connectivity index (χ3n) is 9.47. The maximum absolute atomic E-state index is 13.1. The molecule has 2 aliphatic rings. The maximum atomic E-state index is 13.1. The Morgan fingerprint density at radius 3 is 2.07 bits per heavy atom. The van der Waals surface area contributed by atoms with E-state index in [1.54, 1.807) is 13.1 Å². The fraction of sp³-hybridized carbons (Fsp3) is 0.529. The van der Waals surface area contributed by atoms with E-state index in [2.05, 4.69) is 110 Å². The van der Waals surface area contributed by atoms with Crippen molar-refractivity contribution in [3.63, 3.8) is 0 Å². The number of aryl methyl sites for hydroxylation is 1. The average molecular weight is 700 g/mol. The van der Waals surface area contributed by atoms with Crippen LogP contribution >= 0.6 is 15.9 Å². The minimum absolute atomic E-state index is 0.153. The molecule has 10 heteroatoms. The van der Waals surface area contributed by atoms with Gasteiger partial charge < -0.3 is 13.9 Å². The summed E-state index contributed by atoms with van der Waals surface area (Å²) in [7, 11) is -4.49. The summed E-state index contributed by atoms with van der Waals surface area (Å²) in [5.41, 5.74) is 0.101. The SMILES string of the molecule is Cc1cn([C@H]2C[C@H](O[Si](c3ccccc3)(c3ccccc3)C(C)(C)C)[C@@H](C3CC([Si](C)(C)C)C(CCBr)O3)O2)c(=O)[nH]c1=O. The normalized spacial score (nSPS) is 26.3. The number of benzene rings is 2. The number of aromatic nitrogens is 2. The molecule has 7 nitrogen and oxygen atoms in total. The molecule has 2 aromatic carbocycles. The number of ether oxygens (including phenoxy) is 2. The molecule has 0 saturated carbocycles. The minimum atomic E-state index is -2.94. The molecule has 238 valence electrons. The molecule has 6 atom stereocenters. The number of aromatic amines is 1. The maximum Gasteiger partial charge on any atom is 0.330 e. The summed E-state index contributed by atoms with van der Waals surface area (Å²) in [6, 6.07) is 21.2. The van der Waals surface area contributed by atoms with E-state index in [1.165, 1.54) is 14.9 Å². The Morgan fingerprint density at radius 1 is 0.955 bits per heavy atom. The molecule has 0 amide bonds. The highest BCUT2D eigenvalue weighted by Crippen LogP contribution is 2.47. The highest BCUT2D eigenvalue weighted by Gasteiger charge is 2.56. The summed E-state index contributed by atoms with van der Waals surface area (Å²) in [5.74, 6) is 0. The molecular weight excluding hydrogens is 652 g/mol. The number of alkyl halides is 1. The van der Waals surface area contributed by atoms with E-state index in [1.807, 2.05) is 12.1 Å². The highest BCUT2D eigenvalue weighted by atomic mass is 79.9. The molecule has 3 aromatic rings. The Hall–Kier alpha value is -2.09. The van der Waals surface area contributed by atoms with Crippen LogP contribution in [0.1, 0.15) is 51.8 Å². The molecule has 2 aliphatic heterocycles. The second-order valence-electron chi connectivity index (χ2n) is 14.5. The van der Waals surface area contributed by atoms with E-state index in [0.717, 1.165) is 18.2 Å². The van der Waals surface area contributed by atoms with Crippen molar-refractivity contribution in [3.05, 3.63) is 93.3 Å². The van der Waals surface area contributed by atoms with Crippen LogP contribution in [0.5, 0.6) is 0 Å². The van der Waals surface area contributed by atoms with Gasteiger partial charge in [-0.05, 0) is 40.7 Å². The molecule has 3 heterocycles. The van der Waals surface area contributed by atoms with Crippen LogP contribution in [0.15, 0.2) is 76.4 Å². The van der Waals surface area contributed by atoms with Crippen molar-refractivity contribution in [1.82, 2.24) is 9.55 Å². The lowest BCUT2D eigenvalue weighted by Gasteiger charge is -2.45. The summed E-state index contributed by atoms with van der Waals surface area (Å²) in [6.45, 7) is 15.8. The highest BCUT2D eigenvalue weighted by molar-refractivity contribution is 9.09. The van der Waals surface area contributed by atoms with Crippen LogP contribution in [0.25, 0.3) is 0 Å². The lowest BCUT2D eigenvalue weighted by atomic mass is 10.0. The molecule has 0 radical (unpaired) electrons. The summed E-state index contributed by atoms with van der Waals surface area (Å²) >= 11 is 3.66. The quantitative estimate of drug-likeness (QED) is 0.228. The summed E-state index contributed by atoms with van der Waals surface area (Å²) in [5, 5.41) is 3.05. The molecule has 0 spiro atoms. The first-order valence-electron chi connectivity index (χ1n) is 15.7. The molecule has 44 heavy (non-hydrogen) atoms. The third kappa shape index (κ3) is 6.44. The predicted octanol–water partition coefficient (Wildman–Crippen LogP) is 5.73. The van der Waals surface area contributed by atoms with E-state index in [-0.39, 0.29) is 35.0 Å². The summed E-state index contributed by atoms with van der Waals surface area (Å²) in [6.07, 6.45) is 2.63. The Morgan fingerprint density at radius 2 is 1.55 bits per heavy atom. The second-order valence-corrected chi connectivity index (χ2v) is 25.0. The van der Waals surface area contributed by atoms with Crippen LogP contribution in [0, 0.1) is 6.92 Å². The fourth-order valence-electron chi connectivity index (χ4n) is 7.27. The van der Waals surface area contributed by atoms with Crippen LogP contribution in [-0.2, 0) is 13.9 Å². The zero-order chi connectivity index (χ0) is 31.9. The molecule has 0 bridgehead atoms. The topological polar surface area (TPSA) is 82.6 Å². The fourth-order valence-corrected chi connectivity index (χ4v) is 14.7. The number of hydrogen-bond acceptors (Lipinski definition) is 5. The standard InChI is InChI=1S/C34H47BrN2O5Si2/c1-23-22-37(33(39)36-32(23)38)30-21-28(31(41-30)27-20-29(43(5,6)7)26(40-27)18-19-35)42-44(34(2,3)4,24-14-10-8-11-15-24)25-16-12-9-13-17-25/h8-17,22,26-31H,18-21H2,1-7H3,(H,36,38,39)/t26?,27?,28-,29?,30+,31+/m0/s1. The number of nitrogens with zero attached hydrogens (tertiary/aromatic N) is 1. The molecule has 5 rings (SSSR count). The molecule has 1 N–H and O–H groups in total. The van der Waals surface area contributed by atoms with E-state index in [4.69, 9.17) is 13.9 Å². The van der Waals surface area contributed by atoms with Gasteiger partial charge in [-0.1, -0.05) is 117 Å². The van der Waals surface area contributed by atoms with Crippen LogP contribution < -0.4 is 21.6 Å². The first-order chi connectivity index (χ1) is 20.8. The van der Waals surface area contributed by atoms with Gasteiger partial charge in [0.2, 0.25) is 0 Å². The third-order valence-corrected chi connectivity index (χ3v) is 17.8. The van der Waals surface area contributed by atoms with E-state index in [9.17, 15) is 9.59 Å². The van der Waals surface area contributed by atoms with E-state index in [0.29, 0.717) is 17.5 Å². The zero-order valence-electron chi connectivity index (χ0n) is 27.0. The smallest absolute Gasteiger partial charge is 0.330 e. The minimum Gasteiger partial charge on any atom is -0.402 e. The number of halogens is 1. The van der Waals surface area contributed by atoms with Crippen molar-refractivity contribution < 1.29 is 13.9 Å². The van der Waals surface area contributed by atoms with Gasteiger partial charge in [0.05, 0.1) is 26.4 Å². The monoisotopic (exact) mass is 698 g/mol. The van der Waals surface area contributed by atoms with Crippen molar-refractivity contribution in [2.45, 2.75) is 108 Å². The molecule has 3 unspecified atom stereocenters. The molecular formula is C34H47BrN2O5Si2. The Kier molecular flexibility index (Phi) is 9.80. The van der Waals surface area contributed by atoms with Gasteiger partial charge >= 0.3 is 5.69 Å². The van der Waals surface area contributed by atoms with Crippen molar-refractivity contribution in [3.8, 4) is 0 Å². The lowest BCUT2D eigenvalue weighted by molar-refractivity contribution is -0.101. The van der Waals surface area contributed by atoms with E-state index >= 15 is 0 Å². The molecule has 1 aromatic heterocycles. The lowest BCUT2D eigenvalue weighted by Crippen LogP contribution is -2.68. The predicted molar refractivity (Wildman–Crippen MR) is 186 cm³/mol. The van der Waals surface area contributed by atoms with Gasteiger partial charge in [0.1, 0.15) is 12.3 Å². The molecule has 2 saturated heterocycles. The van der Waals surface area contributed by atoms with Gasteiger partial charge in [-0.25, -0.2) is 4.79 Å². The molecule has 0 aliphatic carbocycles. The zero-order valence-corrected chi connectivity index (χ0v) is 30.6. The van der Waals surface area contributed by atoms with Crippen molar-refractivity contribution in [1.29, 1.82) is 0 Å². The average Bonchev–Trinajstić information content (AvgIpc) is 3.58. The van der Waals surface area contributed by atoms with Gasteiger partial charge in [0.25, 0.3) is 13.9 Å². The van der Waals surface area contributed by atoms with Gasteiger partial charge in [0, 0.05) is 23.5 Å². The van der Waals surface area contributed by atoms with Gasteiger partial charge in [-0.15, -0.1) is 0 Å². The van der Waals surface area contributed by atoms with Crippen LogP contribution in [0.2, 0.25) is 30.2 Å². The first kappa shape index (κ1) is 33.3. The Bertz CT molecular complexity index is 1490. The van der Waals surface area contributed by atoms with Gasteiger partial charge in [0.15, 0.2) is 0 Å². The van der Waals surface area contributed by atoms with Crippen LogP contribution in [-0.4, -0.2) is 55.7 Å². The van der Waals surface area contributed by atoms with Crippen LogP contribution in [0.3, 0.4) is 0 Å². The number of H-pyrrole nitrogens is 1. The van der Waals surface area contributed by atoms with Crippen molar-refractivity contribution in [2.75, 3.05) is 5.33 Å². The van der Waals surface area contributed by atoms with E-state index < -0.39 is 28.3 Å². The summed E-state index contributed by atoms with van der Waals surface area (Å²) in [4.78, 5) is 27.8. The largest absolute Gasteiger partial charge is 0.402 e. The summed E-state index contributed by atoms with van der Waals surface area (Å²) < 4.78 is 22.9. The Labute approximate surface area is 271 Å². The number of rotatable bonds is 9. The van der Waals surface area contributed by atoms with Crippen molar-refractivity contribution in [2.24, 2.45) is 0 Å². The van der Waals surface area contributed by atoms with Gasteiger partial charge in [-0.3, -0.25) is 14.3 Å². The second kappa shape index (κ2) is 13.0. The molecule has 2 fully saturated rings.